The topological polar surface area (TPSA) is 30.5 Å². The van der Waals surface area contributed by atoms with Crippen LogP contribution in [0.15, 0.2) is 18.2 Å². The molecule has 0 radical (unpaired) electrons. The van der Waals surface area contributed by atoms with Crippen molar-refractivity contribution in [2.75, 3.05) is 25.1 Å². The van der Waals surface area contributed by atoms with Crippen LogP contribution in [-0.2, 0) is 0 Å². The molecule has 0 atom stereocenters. The van der Waals surface area contributed by atoms with Crippen molar-refractivity contribution in [3.63, 3.8) is 0 Å². The Bertz CT molecular complexity index is 326. The lowest BCUT2D eigenvalue weighted by atomic mass is 10.2. The van der Waals surface area contributed by atoms with Crippen molar-refractivity contribution in [3.05, 3.63) is 18.2 Å². The average molecular weight is 237 g/mol. The van der Waals surface area contributed by atoms with Gasteiger partial charge in [0.15, 0.2) is 0 Å². The standard InChI is InChI=1S/C14H23NO2/c1-4-7-10-15-13-11-12(16-5-2)8-9-14(13)17-6-3/h8-9,11,15H,4-7,10H2,1-3H3. The summed E-state index contributed by atoms with van der Waals surface area (Å²) in [5, 5.41) is 3.39. The number of benzene rings is 1. The highest BCUT2D eigenvalue weighted by Crippen LogP contribution is 2.29. The number of unbranched alkanes of at least 4 members (excludes halogenated alkanes) is 1. The molecule has 96 valence electrons. The Kier molecular flexibility index (Phi) is 6.30. The third kappa shape index (κ3) is 4.55. The van der Waals surface area contributed by atoms with E-state index >= 15 is 0 Å². The van der Waals surface area contributed by atoms with Crippen LogP contribution < -0.4 is 14.8 Å². The summed E-state index contributed by atoms with van der Waals surface area (Å²) in [5.41, 5.74) is 1.02. The largest absolute Gasteiger partial charge is 0.494 e. The zero-order valence-corrected chi connectivity index (χ0v) is 11.1. The summed E-state index contributed by atoms with van der Waals surface area (Å²) in [6.45, 7) is 8.49. The van der Waals surface area contributed by atoms with E-state index in [-0.39, 0.29) is 0 Å². The monoisotopic (exact) mass is 237 g/mol. The van der Waals surface area contributed by atoms with Crippen LogP contribution in [0.2, 0.25) is 0 Å². The van der Waals surface area contributed by atoms with Crippen LogP contribution in [0.5, 0.6) is 11.5 Å². The van der Waals surface area contributed by atoms with Gasteiger partial charge in [-0.2, -0.15) is 0 Å². The highest BCUT2D eigenvalue weighted by atomic mass is 16.5. The molecule has 0 heterocycles. The predicted octanol–water partition coefficient (Wildman–Crippen LogP) is 3.70. The van der Waals surface area contributed by atoms with Crippen molar-refractivity contribution in [1.29, 1.82) is 0 Å². The summed E-state index contributed by atoms with van der Waals surface area (Å²) in [4.78, 5) is 0. The fourth-order valence-corrected chi connectivity index (χ4v) is 1.58. The first kappa shape index (κ1) is 13.7. The van der Waals surface area contributed by atoms with Crippen molar-refractivity contribution >= 4 is 5.69 Å². The molecule has 0 aliphatic heterocycles. The van der Waals surface area contributed by atoms with Crippen molar-refractivity contribution in [1.82, 2.24) is 0 Å². The SMILES string of the molecule is CCCCNc1cc(OCC)ccc1OCC. The van der Waals surface area contributed by atoms with Crippen LogP contribution >= 0.6 is 0 Å². The van der Waals surface area contributed by atoms with E-state index in [1.54, 1.807) is 0 Å². The summed E-state index contributed by atoms with van der Waals surface area (Å²) in [7, 11) is 0. The quantitative estimate of drug-likeness (QED) is 0.699. The summed E-state index contributed by atoms with van der Waals surface area (Å²) in [6, 6.07) is 5.91. The molecule has 0 bridgehead atoms. The van der Waals surface area contributed by atoms with Gasteiger partial charge in [-0.05, 0) is 32.4 Å². The number of nitrogens with one attached hydrogen (secondary N) is 1. The molecule has 0 amide bonds. The molecule has 3 heteroatoms. The maximum atomic E-state index is 5.58. The second-order valence-corrected chi connectivity index (χ2v) is 3.80. The smallest absolute Gasteiger partial charge is 0.142 e. The first-order valence-electron chi connectivity index (χ1n) is 6.45. The van der Waals surface area contributed by atoms with Gasteiger partial charge >= 0.3 is 0 Å². The van der Waals surface area contributed by atoms with Gasteiger partial charge in [0, 0.05) is 12.6 Å². The Morgan fingerprint density at radius 3 is 2.47 bits per heavy atom. The molecule has 0 unspecified atom stereocenters. The molecule has 0 saturated heterocycles. The minimum Gasteiger partial charge on any atom is -0.494 e. The number of hydrogen-bond acceptors (Lipinski definition) is 3. The molecule has 0 fully saturated rings. The maximum Gasteiger partial charge on any atom is 0.142 e. The maximum absolute atomic E-state index is 5.58. The fourth-order valence-electron chi connectivity index (χ4n) is 1.58. The van der Waals surface area contributed by atoms with E-state index in [0.717, 1.165) is 30.2 Å². The Morgan fingerprint density at radius 1 is 1.06 bits per heavy atom. The Balaban J connectivity index is 2.74. The van der Waals surface area contributed by atoms with Gasteiger partial charge < -0.3 is 14.8 Å². The third-order valence-corrected chi connectivity index (χ3v) is 2.41. The van der Waals surface area contributed by atoms with Crippen LogP contribution in [0.25, 0.3) is 0 Å². The molecule has 0 spiro atoms. The lowest BCUT2D eigenvalue weighted by Gasteiger charge is -2.14. The van der Waals surface area contributed by atoms with Gasteiger partial charge in [-0.3, -0.25) is 0 Å². The van der Waals surface area contributed by atoms with Crippen LogP contribution in [0.1, 0.15) is 33.6 Å². The minimum atomic E-state index is 0.677. The second-order valence-electron chi connectivity index (χ2n) is 3.80. The fraction of sp³-hybridized carbons (Fsp3) is 0.571. The minimum absolute atomic E-state index is 0.677. The van der Waals surface area contributed by atoms with Gasteiger partial charge in [-0.1, -0.05) is 13.3 Å². The van der Waals surface area contributed by atoms with Crippen LogP contribution in [0, 0.1) is 0 Å². The molecule has 0 aliphatic carbocycles. The zero-order valence-electron chi connectivity index (χ0n) is 11.1. The summed E-state index contributed by atoms with van der Waals surface area (Å²) in [5.74, 6) is 1.78. The van der Waals surface area contributed by atoms with Gasteiger partial charge in [0.25, 0.3) is 0 Å². The summed E-state index contributed by atoms with van der Waals surface area (Å²) in [6.07, 6.45) is 2.34. The number of ether oxygens (including phenoxy) is 2. The van der Waals surface area contributed by atoms with E-state index in [0.29, 0.717) is 13.2 Å². The highest BCUT2D eigenvalue weighted by molar-refractivity contribution is 5.59. The molecule has 17 heavy (non-hydrogen) atoms. The van der Waals surface area contributed by atoms with Gasteiger partial charge in [0.05, 0.1) is 18.9 Å². The molecular formula is C14H23NO2. The molecular weight excluding hydrogens is 214 g/mol. The Hall–Kier alpha value is -1.38. The molecule has 1 aromatic carbocycles. The van der Waals surface area contributed by atoms with Gasteiger partial charge in [-0.15, -0.1) is 0 Å². The second kappa shape index (κ2) is 7.82. The van der Waals surface area contributed by atoms with E-state index in [1.807, 2.05) is 32.0 Å². The van der Waals surface area contributed by atoms with E-state index in [4.69, 9.17) is 9.47 Å². The first-order valence-corrected chi connectivity index (χ1v) is 6.45. The number of rotatable bonds is 8. The van der Waals surface area contributed by atoms with Crippen molar-refractivity contribution in [2.24, 2.45) is 0 Å². The van der Waals surface area contributed by atoms with Crippen molar-refractivity contribution < 1.29 is 9.47 Å². The molecule has 1 N–H and O–H groups in total. The molecule has 1 aromatic rings. The lowest BCUT2D eigenvalue weighted by Crippen LogP contribution is -2.04. The van der Waals surface area contributed by atoms with E-state index in [2.05, 4.69) is 12.2 Å². The van der Waals surface area contributed by atoms with Crippen LogP contribution in [-0.4, -0.2) is 19.8 Å². The summed E-state index contributed by atoms with van der Waals surface area (Å²) < 4.78 is 11.1. The normalized spacial score (nSPS) is 10.1. The van der Waals surface area contributed by atoms with Gasteiger partial charge in [0.2, 0.25) is 0 Å². The first-order chi connectivity index (χ1) is 8.31. The highest BCUT2D eigenvalue weighted by Gasteiger charge is 2.04. The predicted molar refractivity (Wildman–Crippen MR) is 72.2 cm³/mol. The lowest BCUT2D eigenvalue weighted by molar-refractivity contribution is 0.332. The van der Waals surface area contributed by atoms with E-state index in [1.165, 1.54) is 6.42 Å². The Morgan fingerprint density at radius 2 is 1.82 bits per heavy atom. The Labute approximate surface area is 104 Å². The van der Waals surface area contributed by atoms with Crippen LogP contribution in [0.4, 0.5) is 5.69 Å². The molecule has 0 saturated carbocycles. The van der Waals surface area contributed by atoms with Crippen molar-refractivity contribution in [2.45, 2.75) is 33.6 Å². The van der Waals surface area contributed by atoms with Gasteiger partial charge in [0.1, 0.15) is 11.5 Å². The third-order valence-electron chi connectivity index (χ3n) is 2.41. The van der Waals surface area contributed by atoms with Crippen molar-refractivity contribution in [3.8, 4) is 11.5 Å². The molecule has 1 rings (SSSR count). The average Bonchev–Trinajstić information content (AvgIpc) is 2.33. The van der Waals surface area contributed by atoms with Crippen LogP contribution in [0.3, 0.4) is 0 Å². The molecule has 0 aliphatic rings. The van der Waals surface area contributed by atoms with E-state index in [9.17, 15) is 0 Å². The van der Waals surface area contributed by atoms with E-state index < -0.39 is 0 Å². The zero-order chi connectivity index (χ0) is 12.5. The summed E-state index contributed by atoms with van der Waals surface area (Å²) >= 11 is 0. The van der Waals surface area contributed by atoms with Gasteiger partial charge in [-0.25, -0.2) is 0 Å². The number of anilines is 1. The number of hydrogen-bond donors (Lipinski definition) is 1. The molecule has 0 aromatic heterocycles. The molecule has 3 nitrogen and oxygen atoms in total.